The smallest absolute Gasteiger partial charge is 0.332 e. The molecule has 0 spiro atoms. The Morgan fingerprint density at radius 1 is 1.17 bits per heavy atom. The fourth-order valence-electron chi connectivity index (χ4n) is 3.48. The Hall–Kier alpha value is -1.16. The maximum absolute atomic E-state index is 12.6. The second-order valence-electron chi connectivity index (χ2n) is 6.46. The molecule has 0 radical (unpaired) electrons. The Morgan fingerprint density at radius 2 is 1.74 bits per heavy atom. The Balaban J connectivity index is 2.26. The molecule has 0 saturated heterocycles. The predicted octanol–water partition coefficient (Wildman–Crippen LogP) is 5.07. The highest BCUT2D eigenvalue weighted by atomic mass is 32.1. The van der Waals surface area contributed by atoms with Crippen LogP contribution in [0.1, 0.15) is 69.6 Å². The summed E-state index contributed by atoms with van der Waals surface area (Å²) >= 11 is 4.54. The third-order valence-corrected chi connectivity index (χ3v) is 5.10. The summed E-state index contributed by atoms with van der Waals surface area (Å²) in [6.07, 6.45) is 8.64. The molecule has 1 saturated carbocycles. The van der Waals surface area contributed by atoms with Crippen molar-refractivity contribution in [1.82, 2.24) is 5.32 Å². The molecule has 0 aliphatic heterocycles. The van der Waals surface area contributed by atoms with Crippen molar-refractivity contribution in [2.75, 3.05) is 4.31 Å². The van der Waals surface area contributed by atoms with Gasteiger partial charge in [0.2, 0.25) is 0 Å². The van der Waals surface area contributed by atoms with Crippen LogP contribution in [0.4, 0.5) is 10.5 Å². The molecule has 0 atom stereocenters. The zero-order valence-electron chi connectivity index (χ0n) is 14.7. The molecule has 23 heavy (non-hydrogen) atoms. The molecule has 1 aliphatic carbocycles. The van der Waals surface area contributed by atoms with E-state index in [-0.39, 0.29) is 6.03 Å². The van der Waals surface area contributed by atoms with Gasteiger partial charge in [-0.2, -0.15) is 0 Å². The molecule has 0 heterocycles. The van der Waals surface area contributed by atoms with Crippen LogP contribution in [0, 0.1) is 0 Å². The number of hydrogen-bond acceptors (Lipinski definition) is 2. The number of amides is 2. The fraction of sp³-hybridized carbons (Fsp3) is 0.632. The molecule has 1 aliphatic rings. The van der Waals surface area contributed by atoms with Crippen LogP contribution in [0.3, 0.4) is 0 Å². The van der Waals surface area contributed by atoms with Crippen molar-refractivity contribution >= 4 is 24.5 Å². The minimum atomic E-state index is -0.0899. The van der Waals surface area contributed by atoms with E-state index >= 15 is 0 Å². The third-order valence-electron chi connectivity index (χ3n) is 4.72. The molecule has 1 aromatic carbocycles. The number of nitrogens with zero attached hydrogens (tertiary/aromatic N) is 1. The largest absolute Gasteiger partial charge is 0.334 e. The maximum atomic E-state index is 12.6. The summed E-state index contributed by atoms with van der Waals surface area (Å²) in [5, 5.41) is 3.13. The van der Waals surface area contributed by atoms with Crippen LogP contribution in [0.2, 0.25) is 0 Å². The molecule has 4 heteroatoms. The quantitative estimate of drug-likeness (QED) is 0.700. The predicted molar refractivity (Wildman–Crippen MR) is 101 cm³/mol. The lowest BCUT2D eigenvalue weighted by Crippen LogP contribution is -2.40. The summed E-state index contributed by atoms with van der Waals surface area (Å²) < 4.78 is 1.53. The van der Waals surface area contributed by atoms with E-state index in [2.05, 4.69) is 51.0 Å². The van der Waals surface area contributed by atoms with Gasteiger partial charge in [0.25, 0.3) is 0 Å². The fourth-order valence-corrected chi connectivity index (χ4v) is 3.80. The van der Waals surface area contributed by atoms with Crippen LogP contribution in [-0.2, 0) is 19.3 Å². The molecule has 1 N–H and O–H groups in total. The second kappa shape index (κ2) is 8.62. The lowest BCUT2D eigenvalue weighted by Gasteiger charge is -2.25. The van der Waals surface area contributed by atoms with Crippen molar-refractivity contribution in [2.24, 2.45) is 0 Å². The number of thiol groups is 1. The lowest BCUT2D eigenvalue weighted by molar-refractivity contribution is 0.246. The van der Waals surface area contributed by atoms with Gasteiger partial charge in [-0.1, -0.05) is 65.0 Å². The first-order chi connectivity index (χ1) is 11.1. The van der Waals surface area contributed by atoms with Crippen LogP contribution in [0.5, 0.6) is 0 Å². The van der Waals surface area contributed by atoms with Gasteiger partial charge in [0.15, 0.2) is 0 Å². The van der Waals surface area contributed by atoms with Crippen LogP contribution in [0.15, 0.2) is 12.1 Å². The number of anilines is 1. The zero-order chi connectivity index (χ0) is 16.8. The highest BCUT2D eigenvalue weighted by Crippen LogP contribution is 2.31. The van der Waals surface area contributed by atoms with Gasteiger partial charge in [-0.25, -0.2) is 9.10 Å². The van der Waals surface area contributed by atoms with E-state index in [0.717, 1.165) is 44.2 Å². The molecule has 2 rings (SSSR count). The summed E-state index contributed by atoms with van der Waals surface area (Å²) in [6.45, 7) is 6.49. The van der Waals surface area contributed by atoms with Crippen LogP contribution in [0.25, 0.3) is 0 Å². The van der Waals surface area contributed by atoms with Gasteiger partial charge in [-0.15, -0.1) is 0 Å². The zero-order valence-corrected chi connectivity index (χ0v) is 15.6. The van der Waals surface area contributed by atoms with Crippen molar-refractivity contribution in [3.8, 4) is 0 Å². The van der Waals surface area contributed by atoms with Crippen molar-refractivity contribution in [2.45, 2.75) is 78.2 Å². The number of hydrogen-bond donors (Lipinski definition) is 2. The van der Waals surface area contributed by atoms with E-state index in [9.17, 15) is 4.79 Å². The average Bonchev–Trinajstić information content (AvgIpc) is 3.06. The average molecular weight is 335 g/mol. The standard InChI is InChI=1S/C19H30N2OS/c1-4-9-14-12-15(5-2)18(16(6-3)13-14)21(23)19(22)20-17-10-7-8-11-17/h12-13,17,23H,4-11H2,1-3H3,(H,20,22). The Kier molecular flexibility index (Phi) is 6.82. The van der Waals surface area contributed by atoms with Crippen LogP contribution in [-0.4, -0.2) is 12.1 Å². The van der Waals surface area contributed by atoms with Crippen LogP contribution >= 0.6 is 12.8 Å². The van der Waals surface area contributed by atoms with Gasteiger partial charge in [-0.05, 0) is 48.8 Å². The van der Waals surface area contributed by atoms with Crippen molar-refractivity contribution in [3.05, 3.63) is 28.8 Å². The number of nitrogens with one attached hydrogen (secondary N) is 1. The van der Waals surface area contributed by atoms with Gasteiger partial charge in [-0.3, -0.25) is 0 Å². The molecule has 3 nitrogen and oxygen atoms in total. The van der Waals surface area contributed by atoms with Gasteiger partial charge < -0.3 is 5.32 Å². The third kappa shape index (κ3) is 4.43. The first-order valence-corrected chi connectivity index (χ1v) is 9.44. The summed E-state index contributed by atoms with van der Waals surface area (Å²) in [6, 6.07) is 4.70. The van der Waals surface area contributed by atoms with Gasteiger partial charge in [0.1, 0.15) is 0 Å². The molecule has 0 unspecified atom stereocenters. The molecular weight excluding hydrogens is 304 g/mol. The van der Waals surface area contributed by atoms with Crippen molar-refractivity contribution in [3.63, 3.8) is 0 Å². The lowest BCUT2D eigenvalue weighted by atomic mass is 9.97. The number of benzene rings is 1. The molecule has 2 amide bonds. The van der Waals surface area contributed by atoms with Crippen molar-refractivity contribution < 1.29 is 4.79 Å². The molecule has 128 valence electrons. The summed E-state index contributed by atoms with van der Waals surface area (Å²) in [4.78, 5) is 12.6. The molecule has 0 bridgehead atoms. The Labute approximate surface area is 146 Å². The van der Waals surface area contributed by atoms with Crippen molar-refractivity contribution in [1.29, 1.82) is 0 Å². The normalized spacial score (nSPS) is 15.0. The van der Waals surface area contributed by atoms with E-state index < -0.39 is 0 Å². The molecule has 0 aromatic heterocycles. The van der Waals surface area contributed by atoms with Crippen LogP contribution < -0.4 is 9.62 Å². The summed E-state index contributed by atoms with van der Waals surface area (Å²) in [5.41, 5.74) is 4.77. The number of carbonyl (C=O) groups is 1. The first-order valence-electron chi connectivity index (χ1n) is 9.04. The maximum Gasteiger partial charge on any atom is 0.332 e. The Bertz CT molecular complexity index is 513. The molecule has 1 fully saturated rings. The van der Waals surface area contributed by atoms with E-state index in [1.807, 2.05) is 0 Å². The topological polar surface area (TPSA) is 32.3 Å². The highest BCUT2D eigenvalue weighted by Gasteiger charge is 2.23. The number of aryl methyl sites for hydroxylation is 3. The summed E-state index contributed by atoms with van der Waals surface area (Å²) in [5.74, 6) is 0. The van der Waals surface area contributed by atoms with E-state index in [1.165, 1.54) is 33.8 Å². The number of rotatable bonds is 6. The highest BCUT2D eigenvalue weighted by molar-refractivity contribution is 7.82. The van der Waals surface area contributed by atoms with Gasteiger partial charge in [0.05, 0.1) is 5.69 Å². The Morgan fingerprint density at radius 3 is 2.22 bits per heavy atom. The van der Waals surface area contributed by atoms with E-state index in [1.54, 1.807) is 0 Å². The first kappa shape index (κ1) is 18.2. The minimum Gasteiger partial charge on any atom is -0.334 e. The summed E-state index contributed by atoms with van der Waals surface area (Å²) in [7, 11) is 0. The number of carbonyl (C=O) groups excluding carboxylic acids is 1. The van der Waals surface area contributed by atoms with E-state index in [4.69, 9.17) is 0 Å². The molecule has 1 aromatic rings. The van der Waals surface area contributed by atoms with E-state index in [0.29, 0.717) is 6.04 Å². The minimum absolute atomic E-state index is 0.0899. The molecular formula is C19H30N2OS. The monoisotopic (exact) mass is 334 g/mol. The number of urea groups is 1. The van der Waals surface area contributed by atoms with Gasteiger partial charge in [0, 0.05) is 6.04 Å². The SMILES string of the molecule is CCCc1cc(CC)c(N(S)C(=O)NC2CCCC2)c(CC)c1. The second-order valence-corrected chi connectivity index (χ2v) is 6.86. The van der Waals surface area contributed by atoms with Gasteiger partial charge >= 0.3 is 6.03 Å².